The largest absolute Gasteiger partial charge is 0.304 e. The zero-order chi connectivity index (χ0) is 10.8. The van der Waals surface area contributed by atoms with Crippen LogP contribution in [0.4, 0.5) is 0 Å². The predicted octanol–water partition coefficient (Wildman–Crippen LogP) is 2.17. The van der Waals surface area contributed by atoms with Gasteiger partial charge in [0.25, 0.3) is 0 Å². The fourth-order valence-electron chi connectivity index (χ4n) is 1.21. The summed E-state index contributed by atoms with van der Waals surface area (Å²) in [5, 5.41) is 3.67. The molecule has 0 bridgehead atoms. The van der Waals surface area contributed by atoms with Crippen LogP contribution in [0.2, 0.25) is 0 Å². The smallest absolute Gasteiger partial charge is 0.239 e. The van der Waals surface area contributed by atoms with Gasteiger partial charge in [-0.2, -0.15) is 0 Å². The maximum atomic E-state index is 11.4. The molecule has 1 fully saturated rings. The van der Waals surface area contributed by atoms with E-state index in [0.29, 0.717) is 0 Å². The Kier molecular flexibility index (Phi) is 3.59. The van der Waals surface area contributed by atoms with E-state index in [-0.39, 0.29) is 16.7 Å². The van der Waals surface area contributed by atoms with Crippen molar-refractivity contribution >= 4 is 22.8 Å². The first-order chi connectivity index (χ1) is 6.42. The normalized spacial score (nSPS) is 25.6. The zero-order valence-corrected chi connectivity index (χ0v) is 10.1. The highest BCUT2D eigenvalue weighted by Crippen LogP contribution is 2.25. The molecule has 1 rings (SSSR count). The Hall–Kier alpha value is -0.510. The molecule has 0 radical (unpaired) electrons. The maximum absolute atomic E-state index is 11.4. The molecule has 0 aliphatic carbocycles. The van der Waals surface area contributed by atoms with Gasteiger partial charge >= 0.3 is 0 Å². The highest BCUT2D eigenvalue weighted by Gasteiger charge is 2.29. The quantitative estimate of drug-likeness (QED) is 0.765. The molecular formula is C10H18N2OS. The van der Waals surface area contributed by atoms with E-state index in [9.17, 15) is 4.79 Å². The molecular weight excluding hydrogens is 196 g/mol. The van der Waals surface area contributed by atoms with Crippen molar-refractivity contribution in [2.24, 2.45) is 4.99 Å². The summed E-state index contributed by atoms with van der Waals surface area (Å²) in [6, 6.07) is 0. The fourth-order valence-corrected chi connectivity index (χ4v) is 2.49. The van der Waals surface area contributed by atoms with E-state index in [0.717, 1.165) is 18.0 Å². The number of hydrogen-bond donors (Lipinski definition) is 1. The molecule has 0 aromatic rings. The number of carbonyl (C=O) groups is 1. The fraction of sp³-hybridized carbons (Fsp3) is 0.800. The lowest BCUT2D eigenvalue weighted by Crippen LogP contribution is -2.26. The second kappa shape index (κ2) is 4.34. The molecule has 0 saturated carbocycles. The van der Waals surface area contributed by atoms with E-state index in [1.807, 2.05) is 20.8 Å². The Morgan fingerprint density at radius 2 is 2.14 bits per heavy atom. The summed E-state index contributed by atoms with van der Waals surface area (Å²) in [5.41, 5.74) is -0.114. The lowest BCUT2D eigenvalue weighted by atomic mass is 10.1. The molecule has 0 aromatic carbocycles. The summed E-state index contributed by atoms with van der Waals surface area (Å²) in [5.74, 6) is 0.111. The molecule has 1 N–H and O–H groups in total. The molecule has 14 heavy (non-hydrogen) atoms. The minimum atomic E-state index is -0.114. The summed E-state index contributed by atoms with van der Waals surface area (Å²) >= 11 is 1.56. The van der Waals surface area contributed by atoms with Crippen LogP contribution in [0.25, 0.3) is 0 Å². The van der Waals surface area contributed by atoms with Crippen LogP contribution in [0.3, 0.4) is 0 Å². The van der Waals surface area contributed by atoms with Crippen molar-refractivity contribution in [1.82, 2.24) is 5.32 Å². The third-order valence-electron chi connectivity index (χ3n) is 1.76. The standard InChI is InChI=1S/C10H18N2OS/c1-5-6-7-8(13)11-9(14-7)12-10(2,3)4/h7H,5-6H2,1-4H3,(H,11,12,13). The summed E-state index contributed by atoms with van der Waals surface area (Å²) in [6.45, 7) is 8.17. The molecule has 1 aliphatic heterocycles. The van der Waals surface area contributed by atoms with Crippen molar-refractivity contribution in [2.45, 2.75) is 51.3 Å². The first kappa shape index (κ1) is 11.6. The molecule has 3 nitrogen and oxygen atoms in total. The Balaban J connectivity index is 2.63. The summed E-state index contributed by atoms with van der Waals surface area (Å²) in [7, 11) is 0. The Bertz CT molecular complexity index is 255. The molecule has 4 heteroatoms. The molecule has 1 saturated heterocycles. The van der Waals surface area contributed by atoms with Gasteiger partial charge in [0, 0.05) is 0 Å². The van der Waals surface area contributed by atoms with Crippen LogP contribution < -0.4 is 5.32 Å². The molecule has 1 atom stereocenters. The van der Waals surface area contributed by atoms with Crippen LogP contribution in [-0.2, 0) is 4.79 Å². The zero-order valence-electron chi connectivity index (χ0n) is 9.26. The molecule has 1 heterocycles. The van der Waals surface area contributed by atoms with Crippen molar-refractivity contribution in [3.05, 3.63) is 0 Å². The maximum Gasteiger partial charge on any atom is 0.239 e. The highest BCUT2D eigenvalue weighted by atomic mass is 32.2. The molecule has 1 aliphatic rings. The molecule has 1 unspecified atom stereocenters. The molecule has 80 valence electrons. The van der Waals surface area contributed by atoms with Crippen LogP contribution in [0, 0.1) is 0 Å². The van der Waals surface area contributed by atoms with Gasteiger partial charge in [0.2, 0.25) is 5.91 Å². The molecule has 0 spiro atoms. The average Bonchev–Trinajstić information content (AvgIpc) is 2.28. The number of amidine groups is 1. The van der Waals surface area contributed by atoms with E-state index in [2.05, 4.69) is 17.2 Å². The highest BCUT2D eigenvalue weighted by molar-refractivity contribution is 8.15. The van der Waals surface area contributed by atoms with Gasteiger partial charge in [-0.15, -0.1) is 0 Å². The van der Waals surface area contributed by atoms with Crippen LogP contribution in [0.1, 0.15) is 40.5 Å². The number of thioether (sulfide) groups is 1. The summed E-state index contributed by atoms with van der Waals surface area (Å²) in [4.78, 5) is 15.9. The number of aliphatic imine (C=N–C) groups is 1. The molecule has 0 aromatic heterocycles. The first-order valence-corrected chi connectivity index (χ1v) is 5.87. The van der Waals surface area contributed by atoms with Gasteiger partial charge in [0.05, 0.1) is 10.8 Å². The van der Waals surface area contributed by atoms with E-state index >= 15 is 0 Å². The Morgan fingerprint density at radius 3 is 2.64 bits per heavy atom. The number of nitrogens with zero attached hydrogens (tertiary/aromatic N) is 1. The third kappa shape index (κ3) is 3.33. The molecule has 1 amide bonds. The van der Waals surface area contributed by atoms with Crippen molar-refractivity contribution in [3.8, 4) is 0 Å². The topological polar surface area (TPSA) is 41.5 Å². The number of carbonyl (C=O) groups excluding carboxylic acids is 1. The van der Waals surface area contributed by atoms with Gasteiger partial charge in [-0.3, -0.25) is 9.79 Å². The van der Waals surface area contributed by atoms with Gasteiger partial charge in [-0.25, -0.2) is 0 Å². The van der Waals surface area contributed by atoms with Crippen LogP contribution in [0.5, 0.6) is 0 Å². The summed E-state index contributed by atoms with van der Waals surface area (Å²) < 4.78 is 0. The lowest BCUT2D eigenvalue weighted by Gasteiger charge is -2.12. The predicted molar refractivity (Wildman–Crippen MR) is 61.6 cm³/mol. The van der Waals surface area contributed by atoms with Crippen molar-refractivity contribution in [1.29, 1.82) is 0 Å². The number of amides is 1. The van der Waals surface area contributed by atoms with Gasteiger partial charge in [0.1, 0.15) is 0 Å². The minimum absolute atomic E-state index is 0.0705. The van der Waals surface area contributed by atoms with Gasteiger partial charge in [-0.05, 0) is 27.2 Å². The van der Waals surface area contributed by atoms with E-state index in [1.165, 1.54) is 0 Å². The third-order valence-corrected chi connectivity index (χ3v) is 2.92. The Labute approximate surface area is 89.7 Å². The average molecular weight is 214 g/mol. The van der Waals surface area contributed by atoms with E-state index in [4.69, 9.17) is 0 Å². The summed E-state index contributed by atoms with van der Waals surface area (Å²) in [6.07, 6.45) is 1.97. The van der Waals surface area contributed by atoms with Crippen LogP contribution in [-0.4, -0.2) is 21.9 Å². The van der Waals surface area contributed by atoms with Gasteiger partial charge in [0.15, 0.2) is 5.17 Å². The lowest BCUT2D eigenvalue weighted by molar-refractivity contribution is -0.118. The van der Waals surface area contributed by atoms with Crippen molar-refractivity contribution in [2.75, 3.05) is 0 Å². The van der Waals surface area contributed by atoms with Crippen molar-refractivity contribution in [3.63, 3.8) is 0 Å². The number of nitrogens with one attached hydrogen (secondary N) is 1. The van der Waals surface area contributed by atoms with E-state index in [1.54, 1.807) is 11.8 Å². The second-order valence-corrected chi connectivity index (χ2v) is 5.66. The minimum Gasteiger partial charge on any atom is -0.304 e. The van der Waals surface area contributed by atoms with Gasteiger partial charge < -0.3 is 5.32 Å². The van der Waals surface area contributed by atoms with Crippen LogP contribution >= 0.6 is 11.8 Å². The van der Waals surface area contributed by atoms with Crippen LogP contribution in [0.15, 0.2) is 4.99 Å². The SMILES string of the molecule is CCCC1SC(=NC(C)(C)C)NC1=O. The Morgan fingerprint density at radius 1 is 1.50 bits per heavy atom. The second-order valence-electron chi connectivity index (χ2n) is 4.47. The first-order valence-electron chi connectivity index (χ1n) is 5.00. The van der Waals surface area contributed by atoms with Gasteiger partial charge in [-0.1, -0.05) is 25.1 Å². The van der Waals surface area contributed by atoms with E-state index < -0.39 is 0 Å². The monoisotopic (exact) mass is 214 g/mol. The van der Waals surface area contributed by atoms with Crippen molar-refractivity contribution < 1.29 is 4.79 Å². The number of hydrogen-bond acceptors (Lipinski definition) is 3. The number of rotatable bonds is 2.